The van der Waals surface area contributed by atoms with Crippen molar-refractivity contribution in [3.63, 3.8) is 0 Å². The molecule has 1 atom stereocenters. The maximum Gasteiger partial charge on any atom is 0.240 e. The largest absolute Gasteiger partial charge is 0.392 e. The highest BCUT2D eigenvalue weighted by molar-refractivity contribution is 4.88. The zero-order valence-electron chi connectivity index (χ0n) is 9.72. The van der Waals surface area contributed by atoms with Crippen molar-refractivity contribution in [1.82, 2.24) is 15.0 Å². The third-order valence-electron chi connectivity index (χ3n) is 2.87. The molecule has 2 heterocycles. The molecule has 0 amide bonds. The first kappa shape index (κ1) is 11.5. The van der Waals surface area contributed by atoms with Crippen molar-refractivity contribution in [3.05, 3.63) is 11.7 Å². The van der Waals surface area contributed by atoms with E-state index in [1.165, 1.54) is 0 Å². The number of aromatic nitrogens is 2. The van der Waals surface area contributed by atoms with Crippen LogP contribution in [0.5, 0.6) is 0 Å². The van der Waals surface area contributed by atoms with Crippen LogP contribution in [0.4, 0.5) is 0 Å². The fraction of sp³-hybridized carbons (Fsp3) is 0.818. The van der Waals surface area contributed by atoms with Crippen molar-refractivity contribution in [2.24, 2.45) is 0 Å². The van der Waals surface area contributed by atoms with Crippen molar-refractivity contribution in [2.45, 2.75) is 45.3 Å². The highest BCUT2D eigenvalue weighted by atomic mass is 16.5. The molecule has 1 aliphatic heterocycles. The second-order valence-corrected chi connectivity index (χ2v) is 4.39. The number of hydrogen-bond donors (Lipinski definition) is 1. The van der Waals surface area contributed by atoms with Crippen LogP contribution in [0.2, 0.25) is 0 Å². The van der Waals surface area contributed by atoms with Crippen molar-refractivity contribution < 1.29 is 9.63 Å². The minimum Gasteiger partial charge on any atom is -0.392 e. The van der Waals surface area contributed by atoms with Crippen LogP contribution in [0.15, 0.2) is 4.52 Å². The first-order valence-corrected chi connectivity index (χ1v) is 6.00. The van der Waals surface area contributed by atoms with Crippen LogP contribution in [-0.4, -0.2) is 39.3 Å². The van der Waals surface area contributed by atoms with Crippen LogP contribution >= 0.6 is 0 Å². The molecule has 1 aromatic rings. The van der Waals surface area contributed by atoms with E-state index in [1.54, 1.807) is 0 Å². The van der Waals surface area contributed by atoms with Crippen LogP contribution in [-0.2, 0) is 13.0 Å². The van der Waals surface area contributed by atoms with Crippen LogP contribution in [0.3, 0.4) is 0 Å². The van der Waals surface area contributed by atoms with Crippen LogP contribution in [0, 0.1) is 0 Å². The summed E-state index contributed by atoms with van der Waals surface area (Å²) in [5.74, 6) is 1.47. The maximum atomic E-state index is 9.39. The molecule has 2 rings (SSSR count). The molecule has 1 fully saturated rings. The van der Waals surface area contributed by atoms with Gasteiger partial charge in [-0.15, -0.1) is 0 Å². The molecule has 1 aromatic heterocycles. The van der Waals surface area contributed by atoms with E-state index in [0.717, 1.165) is 38.1 Å². The molecule has 0 aromatic carbocycles. The third kappa shape index (κ3) is 3.02. The maximum absolute atomic E-state index is 9.39. The van der Waals surface area contributed by atoms with Gasteiger partial charge in [0.1, 0.15) is 0 Å². The number of aryl methyl sites for hydroxylation is 1. The predicted molar refractivity (Wildman–Crippen MR) is 58.8 cm³/mol. The molecule has 0 aliphatic carbocycles. The van der Waals surface area contributed by atoms with Crippen LogP contribution in [0.25, 0.3) is 0 Å². The van der Waals surface area contributed by atoms with Crippen LogP contribution < -0.4 is 0 Å². The number of likely N-dealkylation sites (tertiary alicyclic amines) is 1. The molecule has 0 spiro atoms. The smallest absolute Gasteiger partial charge is 0.240 e. The molecule has 5 nitrogen and oxygen atoms in total. The SMILES string of the molecule is CCCCc1noc(CN2CCC(O)C2)n1. The first-order chi connectivity index (χ1) is 7.78. The van der Waals surface area contributed by atoms with E-state index in [0.29, 0.717) is 19.0 Å². The lowest BCUT2D eigenvalue weighted by molar-refractivity contribution is 0.169. The Morgan fingerprint density at radius 2 is 2.44 bits per heavy atom. The van der Waals surface area contributed by atoms with E-state index >= 15 is 0 Å². The number of hydrogen-bond acceptors (Lipinski definition) is 5. The monoisotopic (exact) mass is 225 g/mol. The Balaban J connectivity index is 1.83. The van der Waals surface area contributed by atoms with Crippen molar-refractivity contribution in [2.75, 3.05) is 13.1 Å². The molecule has 90 valence electrons. The zero-order valence-corrected chi connectivity index (χ0v) is 9.72. The summed E-state index contributed by atoms with van der Waals surface area (Å²) in [5, 5.41) is 13.3. The Morgan fingerprint density at radius 3 is 3.12 bits per heavy atom. The minimum atomic E-state index is -0.192. The third-order valence-corrected chi connectivity index (χ3v) is 2.87. The molecule has 0 saturated carbocycles. The van der Waals surface area contributed by atoms with Crippen molar-refractivity contribution in [1.29, 1.82) is 0 Å². The molecule has 16 heavy (non-hydrogen) atoms. The Bertz CT molecular complexity index is 327. The van der Waals surface area contributed by atoms with Crippen LogP contribution in [0.1, 0.15) is 37.9 Å². The summed E-state index contributed by atoms with van der Waals surface area (Å²) < 4.78 is 5.17. The summed E-state index contributed by atoms with van der Waals surface area (Å²) in [7, 11) is 0. The lowest BCUT2D eigenvalue weighted by atomic mass is 10.2. The van der Waals surface area contributed by atoms with Crippen molar-refractivity contribution >= 4 is 0 Å². The van der Waals surface area contributed by atoms with Gasteiger partial charge in [0, 0.05) is 19.5 Å². The van der Waals surface area contributed by atoms with Gasteiger partial charge in [0.05, 0.1) is 12.6 Å². The molecular weight excluding hydrogens is 206 g/mol. The second-order valence-electron chi connectivity index (χ2n) is 4.39. The zero-order chi connectivity index (χ0) is 11.4. The van der Waals surface area contributed by atoms with Gasteiger partial charge in [-0.25, -0.2) is 0 Å². The fourth-order valence-corrected chi connectivity index (χ4v) is 1.94. The van der Waals surface area contributed by atoms with Gasteiger partial charge in [0.25, 0.3) is 0 Å². The Labute approximate surface area is 95.4 Å². The molecule has 5 heteroatoms. The van der Waals surface area contributed by atoms with Gasteiger partial charge < -0.3 is 9.63 Å². The van der Waals surface area contributed by atoms with Gasteiger partial charge in [0.2, 0.25) is 5.89 Å². The van der Waals surface area contributed by atoms with Gasteiger partial charge in [-0.2, -0.15) is 4.98 Å². The number of rotatable bonds is 5. The highest BCUT2D eigenvalue weighted by Crippen LogP contribution is 2.12. The molecule has 1 aliphatic rings. The molecule has 0 radical (unpaired) electrons. The van der Waals surface area contributed by atoms with E-state index in [1.807, 2.05) is 0 Å². The number of aliphatic hydroxyl groups is 1. The normalized spacial score (nSPS) is 21.8. The van der Waals surface area contributed by atoms with E-state index < -0.39 is 0 Å². The molecular formula is C11H19N3O2. The fourth-order valence-electron chi connectivity index (χ4n) is 1.94. The summed E-state index contributed by atoms with van der Waals surface area (Å²) in [6, 6.07) is 0. The lowest BCUT2D eigenvalue weighted by Crippen LogP contribution is -2.21. The van der Waals surface area contributed by atoms with Gasteiger partial charge in [-0.05, 0) is 12.8 Å². The van der Waals surface area contributed by atoms with Gasteiger partial charge in [-0.1, -0.05) is 18.5 Å². The average molecular weight is 225 g/mol. The standard InChI is InChI=1S/C11H19N3O2/c1-2-3-4-10-12-11(16-13-10)8-14-6-5-9(15)7-14/h9,15H,2-8H2,1H3. The number of nitrogens with zero attached hydrogens (tertiary/aromatic N) is 3. The van der Waals surface area contributed by atoms with E-state index in [4.69, 9.17) is 4.52 Å². The van der Waals surface area contributed by atoms with E-state index in [9.17, 15) is 5.11 Å². The topological polar surface area (TPSA) is 62.4 Å². The van der Waals surface area contributed by atoms with Gasteiger partial charge >= 0.3 is 0 Å². The highest BCUT2D eigenvalue weighted by Gasteiger charge is 2.21. The summed E-state index contributed by atoms with van der Waals surface area (Å²) in [5.41, 5.74) is 0. The summed E-state index contributed by atoms with van der Waals surface area (Å²) in [4.78, 5) is 6.48. The average Bonchev–Trinajstić information content (AvgIpc) is 2.86. The first-order valence-electron chi connectivity index (χ1n) is 6.00. The molecule has 1 N–H and O–H groups in total. The van der Waals surface area contributed by atoms with E-state index in [2.05, 4.69) is 22.0 Å². The Hall–Kier alpha value is -0.940. The Kier molecular flexibility index (Phi) is 3.90. The molecule has 0 bridgehead atoms. The summed E-state index contributed by atoms with van der Waals surface area (Å²) >= 11 is 0. The van der Waals surface area contributed by atoms with E-state index in [-0.39, 0.29) is 6.10 Å². The van der Waals surface area contributed by atoms with Gasteiger partial charge in [-0.3, -0.25) is 4.90 Å². The minimum absolute atomic E-state index is 0.192. The number of β-amino-alcohol motifs (C(OH)–C–C–N with tert-alkyl or cyclic N) is 1. The quantitative estimate of drug-likeness (QED) is 0.809. The summed E-state index contributed by atoms with van der Waals surface area (Å²) in [6.07, 6.45) is 3.78. The summed E-state index contributed by atoms with van der Waals surface area (Å²) in [6.45, 7) is 4.43. The van der Waals surface area contributed by atoms with Crippen molar-refractivity contribution in [3.8, 4) is 0 Å². The predicted octanol–water partition coefficient (Wildman–Crippen LogP) is 0.979. The lowest BCUT2D eigenvalue weighted by Gasteiger charge is -2.10. The molecule has 1 unspecified atom stereocenters. The van der Waals surface area contributed by atoms with Gasteiger partial charge in [0.15, 0.2) is 5.82 Å². The molecule has 1 saturated heterocycles. The Morgan fingerprint density at radius 1 is 1.56 bits per heavy atom. The number of aliphatic hydroxyl groups excluding tert-OH is 1. The second kappa shape index (κ2) is 5.41. The number of unbranched alkanes of at least 4 members (excludes halogenated alkanes) is 1.